The van der Waals surface area contributed by atoms with Crippen molar-refractivity contribution in [3.8, 4) is 0 Å². The van der Waals surface area contributed by atoms with Crippen molar-refractivity contribution in [2.75, 3.05) is 19.6 Å². The monoisotopic (exact) mass is 214 g/mol. The summed E-state index contributed by atoms with van der Waals surface area (Å²) in [6.07, 6.45) is 2.00. The van der Waals surface area contributed by atoms with Gasteiger partial charge in [-0.3, -0.25) is 15.0 Å². The molecule has 6 heteroatoms. The van der Waals surface area contributed by atoms with Crippen molar-refractivity contribution in [1.82, 2.24) is 10.2 Å². The minimum Gasteiger partial charge on any atom is -0.351 e. The third-order valence-corrected chi connectivity index (χ3v) is 2.45. The van der Waals surface area contributed by atoms with Crippen molar-refractivity contribution in [3.05, 3.63) is 0 Å². The van der Waals surface area contributed by atoms with Gasteiger partial charge in [0, 0.05) is 18.6 Å². The summed E-state index contributed by atoms with van der Waals surface area (Å²) in [4.78, 5) is 23.4. The van der Waals surface area contributed by atoms with Crippen LogP contribution in [0.2, 0.25) is 0 Å². The van der Waals surface area contributed by atoms with E-state index >= 15 is 0 Å². The van der Waals surface area contributed by atoms with Gasteiger partial charge in [0.2, 0.25) is 5.91 Å². The molecule has 1 fully saturated rings. The Morgan fingerprint density at radius 1 is 1.47 bits per heavy atom. The van der Waals surface area contributed by atoms with E-state index in [-0.39, 0.29) is 18.0 Å². The number of nitrogens with one attached hydrogen (secondary N) is 1. The molecule has 0 bridgehead atoms. The molecule has 0 unspecified atom stereocenters. The molecule has 0 radical (unpaired) electrons. The van der Waals surface area contributed by atoms with Crippen molar-refractivity contribution < 1.29 is 9.59 Å². The lowest BCUT2D eigenvalue weighted by molar-refractivity contribution is -0.123. The number of nitrogens with zero attached hydrogens (tertiary/aromatic N) is 1. The molecule has 0 saturated carbocycles. The van der Waals surface area contributed by atoms with Crippen LogP contribution in [0, 0.1) is 0 Å². The van der Waals surface area contributed by atoms with Crippen LogP contribution in [-0.2, 0) is 4.79 Å². The Bertz CT molecular complexity index is 261. The Kier molecular flexibility index (Phi) is 3.65. The van der Waals surface area contributed by atoms with Crippen LogP contribution in [0.4, 0.5) is 4.79 Å². The third kappa shape index (κ3) is 3.49. The molecule has 1 rings (SSSR count). The van der Waals surface area contributed by atoms with E-state index in [0.29, 0.717) is 13.1 Å². The topological polar surface area (TPSA) is 101 Å². The number of rotatable bonds is 4. The first-order valence-electron chi connectivity index (χ1n) is 5.06. The first-order valence-corrected chi connectivity index (χ1v) is 5.06. The van der Waals surface area contributed by atoms with Crippen LogP contribution in [0.5, 0.6) is 0 Å². The van der Waals surface area contributed by atoms with E-state index in [1.165, 1.54) is 0 Å². The van der Waals surface area contributed by atoms with Crippen LogP contribution in [0.25, 0.3) is 0 Å². The lowest BCUT2D eigenvalue weighted by Gasteiger charge is -2.47. The van der Waals surface area contributed by atoms with Crippen LogP contribution in [0.15, 0.2) is 0 Å². The Morgan fingerprint density at radius 2 is 2.07 bits per heavy atom. The number of urea groups is 1. The second kappa shape index (κ2) is 4.59. The van der Waals surface area contributed by atoms with Gasteiger partial charge < -0.3 is 11.5 Å². The molecule has 86 valence electrons. The second-order valence-electron chi connectivity index (χ2n) is 4.17. The molecular formula is C9H18N4O2. The molecule has 0 aromatic heterocycles. The highest BCUT2D eigenvalue weighted by atomic mass is 16.2. The number of hydrogen-bond acceptors (Lipinski definition) is 4. The smallest absolute Gasteiger partial charge is 0.318 e. The summed E-state index contributed by atoms with van der Waals surface area (Å²) in [6.45, 7) is 3.67. The average Bonchev–Trinajstić information content (AvgIpc) is 1.99. The Balaban J connectivity index is 2.22. The maximum absolute atomic E-state index is 11.1. The second-order valence-corrected chi connectivity index (χ2v) is 4.17. The summed E-state index contributed by atoms with van der Waals surface area (Å²) in [5, 5.41) is 2.02. The first-order chi connectivity index (χ1) is 6.95. The van der Waals surface area contributed by atoms with Gasteiger partial charge in [0.25, 0.3) is 0 Å². The van der Waals surface area contributed by atoms with Crippen LogP contribution < -0.4 is 16.8 Å². The summed E-state index contributed by atoms with van der Waals surface area (Å²) < 4.78 is 0. The molecule has 0 aromatic rings. The van der Waals surface area contributed by atoms with Crippen molar-refractivity contribution >= 4 is 11.9 Å². The van der Waals surface area contributed by atoms with Gasteiger partial charge in [-0.15, -0.1) is 0 Å². The van der Waals surface area contributed by atoms with Crippen LogP contribution in [-0.4, -0.2) is 42.0 Å². The Morgan fingerprint density at radius 3 is 2.53 bits per heavy atom. The van der Waals surface area contributed by atoms with Crippen molar-refractivity contribution in [3.63, 3.8) is 0 Å². The van der Waals surface area contributed by atoms with Gasteiger partial charge in [-0.05, 0) is 6.42 Å². The maximum atomic E-state index is 11.1. The molecule has 0 spiro atoms. The summed E-state index contributed by atoms with van der Waals surface area (Å²) in [7, 11) is 0. The molecular weight excluding hydrogens is 196 g/mol. The average molecular weight is 214 g/mol. The number of carbonyl (C=O) groups excluding carboxylic acids is 2. The molecule has 15 heavy (non-hydrogen) atoms. The van der Waals surface area contributed by atoms with Crippen molar-refractivity contribution in [1.29, 1.82) is 0 Å². The first kappa shape index (κ1) is 11.9. The summed E-state index contributed by atoms with van der Waals surface area (Å²) in [5.41, 5.74) is 10.7. The molecule has 1 saturated heterocycles. The highest BCUT2D eigenvalue weighted by Gasteiger charge is 2.38. The minimum absolute atomic E-state index is 0.151. The Hall–Kier alpha value is -1.14. The Labute approximate surface area is 89.0 Å². The number of carbonyl (C=O) groups is 2. The number of amides is 3. The fraction of sp³-hybridized carbons (Fsp3) is 0.778. The zero-order chi connectivity index (χ0) is 11.5. The van der Waals surface area contributed by atoms with Gasteiger partial charge in [0.05, 0.1) is 6.54 Å². The fourth-order valence-electron chi connectivity index (χ4n) is 1.99. The van der Waals surface area contributed by atoms with Gasteiger partial charge in [0.15, 0.2) is 0 Å². The SMILES string of the molecule is CCCC1(N)CN(CC(=O)NC(N)=O)C1. The standard InChI is InChI=1S/C9H18N4O2/c1-2-3-9(11)5-13(6-9)4-7(14)12-8(10)15/h2-6,11H2,1H3,(H3,10,12,14,15). The number of primary amides is 1. The van der Waals surface area contributed by atoms with E-state index < -0.39 is 6.03 Å². The number of nitrogens with two attached hydrogens (primary N) is 2. The van der Waals surface area contributed by atoms with Crippen LogP contribution in [0.3, 0.4) is 0 Å². The zero-order valence-electron chi connectivity index (χ0n) is 8.95. The summed E-state index contributed by atoms with van der Waals surface area (Å²) >= 11 is 0. The van der Waals surface area contributed by atoms with Crippen molar-refractivity contribution in [2.24, 2.45) is 11.5 Å². The molecule has 5 N–H and O–H groups in total. The van der Waals surface area contributed by atoms with E-state index in [0.717, 1.165) is 12.8 Å². The van der Waals surface area contributed by atoms with E-state index in [1.54, 1.807) is 0 Å². The molecule has 3 amide bonds. The molecule has 1 aliphatic rings. The van der Waals surface area contributed by atoms with E-state index in [4.69, 9.17) is 11.5 Å². The largest absolute Gasteiger partial charge is 0.351 e. The van der Waals surface area contributed by atoms with Gasteiger partial charge >= 0.3 is 6.03 Å². The predicted molar refractivity (Wildman–Crippen MR) is 56.0 cm³/mol. The van der Waals surface area contributed by atoms with Gasteiger partial charge in [0.1, 0.15) is 0 Å². The lowest BCUT2D eigenvalue weighted by atomic mass is 9.86. The lowest BCUT2D eigenvalue weighted by Crippen LogP contribution is -2.68. The molecule has 0 atom stereocenters. The van der Waals surface area contributed by atoms with Crippen LogP contribution >= 0.6 is 0 Å². The number of imide groups is 1. The zero-order valence-corrected chi connectivity index (χ0v) is 8.95. The third-order valence-electron chi connectivity index (χ3n) is 2.45. The molecule has 0 aromatic carbocycles. The molecule has 0 aliphatic carbocycles. The summed E-state index contributed by atoms with van der Waals surface area (Å²) in [5.74, 6) is -0.374. The molecule has 1 aliphatic heterocycles. The van der Waals surface area contributed by atoms with Gasteiger partial charge in [-0.1, -0.05) is 13.3 Å². The quantitative estimate of drug-likeness (QED) is 0.558. The van der Waals surface area contributed by atoms with Crippen molar-refractivity contribution in [2.45, 2.75) is 25.3 Å². The molecule has 1 heterocycles. The van der Waals surface area contributed by atoms with Gasteiger partial charge in [-0.25, -0.2) is 4.79 Å². The van der Waals surface area contributed by atoms with Gasteiger partial charge in [-0.2, -0.15) is 0 Å². The maximum Gasteiger partial charge on any atom is 0.318 e. The normalized spacial score (nSPS) is 19.3. The number of likely N-dealkylation sites (tertiary alicyclic amines) is 1. The van der Waals surface area contributed by atoms with E-state index in [9.17, 15) is 9.59 Å². The molecule has 6 nitrogen and oxygen atoms in total. The summed E-state index contributed by atoms with van der Waals surface area (Å²) in [6, 6.07) is -0.812. The highest BCUT2D eigenvalue weighted by Crippen LogP contribution is 2.22. The fourth-order valence-corrected chi connectivity index (χ4v) is 1.99. The van der Waals surface area contributed by atoms with E-state index in [1.807, 2.05) is 10.2 Å². The van der Waals surface area contributed by atoms with E-state index in [2.05, 4.69) is 6.92 Å². The van der Waals surface area contributed by atoms with Crippen LogP contribution in [0.1, 0.15) is 19.8 Å². The highest BCUT2D eigenvalue weighted by molar-refractivity contribution is 5.94. The number of hydrogen-bond donors (Lipinski definition) is 3. The minimum atomic E-state index is -0.812. The predicted octanol–water partition coefficient (Wildman–Crippen LogP) is -1.01.